The van der Waals surface area contributed by atoms with Crippen molar-refractivity contribution in [2.75, 3.05) is 6.54 Å². The van der Waals surface area contributed by atoms with Crippen molar-refractivity contribution >= 4 is 17.4 Å². The van der Waals surface area contributed by atoms with E-state index < -0.39 is 5.82 Å². The summed E-state index contributed by atoms with van der Waals surface area (Å²) in [5.74, 6) is -0.693. The summed E-state index contributed by atoms with van der Waals surface area (Å²) in [5, 5.41) is 0.266. The van der Waals surface area contributed by atoms with Gasteiger partial charge in [0.1, 0.15) is 5.82 Å². The zero-order chi connectivity index (χ0) is 9.84. The summed E-state index contributed by atoms with van der Waals surface area (Å²) in [6.07, 6.45) is -0.0397. The maximum absolute atomic E-state index is 13.1. The van der Waals surface area contributed by atoms with Crippen LogP contribution in [0.4, 0.5) is 4.39 Å². The molecule has 0 spiro atoms. The van der Waals surface area contributed by atoms with Gasteiger partial charge in [-0.15, -0.1) is 0 Å². The third-order valence-electron chi connectivity index (χ3n) is 1.66. The topological polar surface area (TPSA) is 43.1 Å². The average molecular weight is 202 g/mol. The van der Waals surface area contributed by atoms with E-state index >= 15 is 0 Å². The van der Waals surface area contributed by atoms with Crippen LogP contribution in [0.15, 0.2) is 18.2 Å². The van der Waals surface area contributed by atoms with Gasteiger partial charge in [-0.1, -0.05) is 17.7 Å². The maximum Gasteiger partial charge on any atom is 0.150 e. The Morgan fingerprint density at radius 2 is 2.23 bits per heavy atom. The lowest BCUT2D eigenvalue weighted by Crippen LogP contribution is -2.16. The van der Waals surface area contributed by atoms with Gasteiger partial charge in [-0.05, 0) is 12.1 Å². The van der Waals surface area contributed by atoms with Gasteiger partial charge in [0.2, 0.25) is 0 Å². The molecule has 0 saturated carbocycles. The quantitative estimate of drug-likeness (QED) is 0.807. The third kappa shape index (κ3) is 2.50. The lowest BCUT2D eigenvalue weighted by Gasteiger charge is -2.03. The van der Waals surface area contributed by atoms with Gasteiger partial charge in [-0.2, -0.15) is 0 Å². The van der Waals surface area contributed by atoms with Gasteiger partial charge in [0.25, 0.3) is 0 Å². The molecule has 1 rings (SSSR count). The number of ketones is 1. The van der Waals surface area contributed by atoms with Gasteiger partial charge in [0.05, 0.1) is 6.54 Å². The first-order chi connectivity index (χ1) is 6.15. The van der Waals surface area contributed by atoms with Gasteiger partial charge in [-0.25, -0.2) is 4.39 Å². The summed E-state index contributed by atoms with van der Waals surface area (Å²) in [6.45, 7) is -0.0926. The predicted molar refractivity (Wildman–Crippen MR) is 49.2 cm³/mol. The Bertz CT molecular complexity index is 307. The van der Waals surface area contributed by atoms with Crippen molar-refractivity contribution in [1.29, 1.82) is 0 Å². The van der Waals surface area contributed by atoms with E-state index in [9.17, 15) is 9.18 Å². The average Bonchev–Trinajstić information content (AvgIpc) is 2.11. The Balaban J connectivity index is 2.93. The van der Waals surface area contributed by atoms with E-state index in [-0.39, 0.29) is 29.3 Å². The van der Waals surface area contributed by atoms with Crippen LogP contribution in [-0.4, -0.2) is 12.3 Å². The van der Waals surface area contributed by atoms with Crippen LogP contribution < -0.4 is 5.73 Å². The minimum atomic E-state index is -0.464. The zero-order valence-electron chi connectivity index (χ0n) is 6.89. The van der Waals surface area contributed by atoms with Crippen LogP contribution in [0.3, 0.4) is 0 Å². The van der Waals surface area contributed by atoms with E-state index in [0.29, 0.717) is 0 Å². The van der Waals surface area contributed by atoms with Crippen LogP contribution in [0, 0.1) is 5.82 Å². The lowest BCUT2D eigenvalue weighted by atomic mass is 10.1. The Morgan fingerprint density at radius 1 is 1.54 bits per heavy atom. The fourth-order valence-corrected chi connectivity index (χ4v) is 1.20. The molecule has 0 aromatic heterocycles. The summed E-state index contributed by atoms with van der Waals surface area (Å²) < 4.78 is 13.1. The van der Waals surface area contributed by atoms with Crippen LogP contribution in [-0.2, 0) is 11.2 Å². The molecule has 2 nitrogen and oxygen atoms in total. The first-order valence-electron chi connectivity index (χ1n) is 3.80. The van der Waals surface area contributed by atoms with Gasteiger partial charge >= 0.3 is 0 Å². The number of hydrogen-bond acceptors (Lipinski definition) is 2. The maximum atomic E-state index is 13.1. The van der Waals surface area contributed by atoms with Gasteiger partial charge in [0.15, 0.2) is 5.78 Å². The minimum absolute atomic E-state index is 0.0397. The van der Waals surface area contributed by atoms with Crippen molar-refractivity contribution in [2.45, 2.75) is 6.42 Å². The molecule has 0 amide bonds. The van der Waals surface area contributed by atoms with Crippen LogP contribution in [0.2, 0.25) is 5.02 Å². The first-order valence-corrected chi connectivity index (χ1v) is 4.17. The van der Waals surface area contributed by atoms with Crippen molar-refractivity contribution in [1.82, 2.24) is 0 Å². The molecule has 0 bridgehead atoms. The van der Waals surface area contributed by atoms with E-state index in [4.69, 9.17) is 17.3 Å². The molecule has 0 saturated heterocycles. The van der Waals surface area contributed by atoms with E-state index in [1.165, 1.54) is 12.1 Å². The lowest BCUT2D eigenvalue weighted by molar-refractivity contribution is -0.117. The molecule has 0 heterocycles. The zero-order valence-corrected chi connectivity index (χ0v) is 7.64. The van der Waals surface area contributed by atoms with Crippen LogP contribution >= 0.6 is 11.6 Å². The highest BCUT2D eigenvalue weighted by atomic mass is 35.5. The highest BCUT2D eigenvalue weighted by Gasteiger charge is 2.09. The Kier molecular flexibility index (Phi) is 3.39. The minimum Gasteiger partial charge on any atom is -0.324 e. The number of halogens is 2. The standard InChI is InChI=1S/C9H9ClFNO/c10-8-2-1-3-9(11)7(8)4-6(13)5-12/h1-3H,4-5,12H2. The number of carbonyl (C=O) groups is 1. The smallest absolute Gasteiger partial charge is 0.150 e. The summed E-state index contributed by atoms with van der Waals surface area (Å²) >= 11 is 5.70. The Labute approximate surface area is 80.5 Å². The van der Waals surface area contributed by atoms with Crippen molar-refractivity contribution in [3.63, 3.8) is 0 Å². The summed E-state index contributed by atoms with van der Waals surface area (Å²) in [5.41, 5.74) is 5.33. The van der Waals surface area contributed by atoms with Crippen LogP contribution in [0.25, 0.3) is 0 Å². The molecular formula is C9H9ClFNO. The molecule has 1 aromatic rings. The Morgan fingerprint density at radius 3 is 2.77 bits per heavy atom. The fourth-order valence-electron chi connectivity index (χ4n) is 0.971. The number of hydrogen-bond donors (Lipinski definition) is 1. The molecule has 0 unspecified atom stereocenters. The second-order valence-corrected chi connectivity index (χ2v) is 3.03. The number of carbonyl (C=O) groups excluding carboxylic acids is 1. The SMILES string of the molecule is NCC(=O)Cc1c(F)cccc1Cl. The number of benzene rings is 1. The van der Waals surface area contributed by atoms with Crippen LogP contribution in [0.1, 0.15) is 5.56 Å². The number of nitrogens with two attached hydrogens (primary N) is 1. The molecule has 0 aliphatic rings. The molecule has 70 valence electrons. The summed E-state index contributed by atoms with van der Waals surface area (Å²) in [4.78, 5) is 10.9. The van der Waals surface area contributed by atoms with E-state index in [0.717, 1.165) is 0 Å². The largest absolute Gasteiger partial charge is 0.324 e. The molecule has 13 heavy (non-hydrogen) atoms. The highest BCUT2D eigenvalue weighted by molar-refractivity contribution is 6.31. The molecule has 0 aliphatic carbocycles. The molecular weight excluding hydrogens is 193 g/mol. The van der Waals surface area contributed by atoms with Gasteiger partial charge in [-0.3, -0.25) is 4.79 Å². The summed E-state index contributed by atoms with van der Waals surface area (Å²) in [7, 11) is 0. The molecule has 1 aromatic carbocycles. The van der Waals surface area contributed by atoms with Crippen molar-refractivity contribution < 1.29 is 9.18 Å². The first kappa shape index (κ1) is 10.2. The second-order valence-electron chi connectivity index (χ2n) is 2.62. The van der Waals surface area contributed by atoms with Crippen LogP contribution in [0.5, 0.6) is 0 Å². The number of rotatable bonds is 3. The number of Topliss-reactive ketones (excluding diaryl/α,β-unsaturated/α-hetero) is 1. The molecule has 2 N–H and O–H groups in total. The van der Waals surface area contributed by atoms with Crippen molar-refractivity contribution in [3.8, 4) is 0 Å². The van der Waals surface area contributed by atoms with Crippen molar-refractivity contribution in [3.05, 3.63) is 34.6 Å². The molecule has 0 atom stereocenters. The van der Waals surface area contributed by atoms with Gasteiger partial charge < -0.3 is 5.73 Å². The predicted octanol–water partition coefficient (Wildman–Crippen LogP) is 1.55. The molecule has 0 radical (unpaired) electrons. The van der Waals surface area contributed by atoms with E-state index in [1.807, 2.05) is 0 Å². The van der Waals surface area contributed by atoms with E-state index in [1.54, 1.807) is 6.07 Å². The van der Waals surface area contributed by atoms with E-state index in [2.05, 4.69) is 0 Å². The molecule has 0 aliphatic heterocycles. The fraction of sp³-hybridized carbons (Fsp3) is 0.222. The monoisotopic (exact) mass is 201 g/mol. The molecule has 0 fully saturated rings. The second kappa shape index (κ2) is 4.35. The molecule has 4 heteroatoms. The normalized spacial score (nSPS) is 10.1. The Hall–Kier alpha value is -0.930. The van der Waals surface area contributed by atoms with Gasteiger partial charge in [0, 0.05) is 17.0 Å². The third-order valence-corrected chi connectivity index (χ3v) is 2.02. The summed E-state index contributed by atoms with van der Waals surface area (Å²) in [6, 6.07) is 4.31. The van der Waals surface area contributed by atoms with Crippen molar-refractivity contribution in [2.24, 2.45) is 5.73 Å². The highest BCUT2D eigenvalue weighted by Crippen LogP contribution is 2.19.